The highest BCUT2D eigenvalue weighted by Gasteiger charge is 2.31. The Morgan fingerprint density at radius 1 is 1.60 bits per heavy atom. The summed E-state index contributed by atoms with van der Waals surface area (Å²) in [5.74, 6) is 0. The van der Waals surface area contributed by atoms with Crippen molar-refractivity contribution < 1.29 is 9.13 Å². The van der Waals surface area contributed by atoms with Gasteiger partial charge in [0, 0.05) is 11.4 Å². The number of ether oxygens (including phenoxy) is 1. The summed E-state index contributed by atoms with van der Waals surface area (Å²) in [6.07, 6.45) is -0.838. The van der Waals surface area contributed by atoms with E-state index >= 15 is 0 Å². The van der Waals surface area contributed by atoms with Gasteiger partial charge in [0.15, 0.2) is 0 Å². The second-order valence-electron chi connectivity index (χ2n) is 4.06. The standard InChI is InChI=1S/C11H16FNOS/c1-8-3-4-15-11(8)5-13(2)10-7-14-6-9(10)12/h3-4,9-10H,5-7H2,1-2H3. The first kappa shape index (κ1) is 11.0. The van der Waals surface area contributed by atoms with Gasteiger partial charge in [-0.15, -0.1) is 11.3 Å². The summed E-state index contributed by atoms with van der Waals surface area (Å²) < 4.78 is 18.5. The van der Waals surface area contributed by atoms with Gasteiger partial charge in [0.2, 0.25) is 0 Å². The van der Waals surface area contributed by atoms with Gasteiger partial charge < -0.3 is 4.74 Å². The van der Waals surface area contributed by atoms with Crippen molar-refractivity contribution in [2.24, 2.45) is 0 Å². The summed E-state index contributed by atoms with van der Waals surface area (Å²) in [4.78, 5) is 3.37. The Balaban J connectivity index is 1.97. The van der Waals surface area contributed by atoms with E-state index in [9.17, 15) is 4.39 Å². The molecule has 2 nitrogen and oxygen atoms in total. The molecule has 1 aromatic heterocycles. The molecule has 0 aromatic carbocycles. The molecule has 0 aliphatic carbocycles. The molecule has 1 saturated heterocycles. The lowest BCUT2D eigenvalue weighted by Gasteiger charge is -2.24. The molecule has 2 atom stereocenters. The Kier molecular flexibility index (Phi) is 3.38. The molecular formula is C11H16FNOS. The number of aryl methyl sites for hydroxylation is 1. The zero-order valence-electron chi connectivity index (χ0n) is 9.07. The quantitative estimate of drug-likeness (QED) is 0.788. The molecule has 2 rings (SSSR count). The van der Waals surface area contributed by atoms with Gasteiger partial charge in [0.1, 0.15) is 6.17 Å². The third-order valence-corrected chi connectivity index (χ3v) is 3.92. The molecule has 1 aliphatic heterocycles. The van der Waals surface area contributed by atoms with Crippen LogP contribution in [0.4, 0.5) is 4.39 Å². The minimum atomic E-state index is -0.838. The second-order valence-corrected chi connectivity index (χ2v) is 5.06. The number of halogens is 1. The van der Waals surface area contributed by atoms with E-state index in [0.717, 1.165) is 6.54 Å². The monoisotopic (exact) mass is 229 g/mol. The lowest BCUT2D eigenvalue weighted by molar-refractivity contribution is 0.154. The fourth-order valence-electron chi connectivity index (χ4n) is 1.83. The number of nitrogens with zero attached hydrogens (tertiary/aromatic N) is 1. The maximum absolute atomic E-state index is 13.4. The van der Waals surface area contributed by atoms with Gasteiger partial charge in [-0.1, -0.05) is 0 Å². The van der Waals surface area contributed by atoms with E-state index in [2.05, 4.69) is 23.3 Å². The van der Waals surface area contributed by atoms with Crippen LogP contribution >= 0.6 is 11.3 Å². The van der Waals surface area contributed by atoms with E-state index in [-0.39, 0.29) is 12.6 Å². The van der Waals surface area contributed by atoms with E-state index in [1.54, 1.807) is 11.3 Å². The smallest absolute Gasteiger partial charge is 0.141 e. The van der Waals surface area contributed by atoms with Gasteiger partial charge in [0.25, 0.3) is 0 Å². The Labute approximate surface area is 93.7 Å². The number of hydrogen-bond donors (Lipinski definition) is 0. The first-order valence-electron chi connectivity index (χ1n) is 5.13. The third-order valence-electron chi connectivity index (χ3n) is 2.91. The van der Waals surface area contributed by atoms with Crippen molar-refractivity contribution in [1.29, 1.82) is 0 Å². The molecule has 2 unspecified atom stereocenters. The topological polar surface area (TPSA) is 12.5 Å². The number of rotatable bonds is 3. The largest absolute Gasteiger partial charge is 0.377 e. The summed E-state index contributed by atoms with van der Waals surface area (Å²) in [6, 6.07) is 2.03. The van der Waals surface area contributed by atoms with E-state index < -0.39 is 6.17 Å². The van der Waals surface area contributed by atoms with Gasteiger partial charge in [-0.2, -0.15) is 0 Å². The molecule has 84 valence electrons. The van der Waals surface area contributed by atoms with E-state index in [1.807, 2.05) is 7.05 Å². The van der Waals surface area contributed by atoms with E-state index in [4.69, 9.17) is 4.74 Å². The highest BCUT2D eigenvalue weighted by atomic mass is 32.1. The molecule has 1 aliphatic rings. The Morgan fingerprint density at radius 3 is 2.93 bits per heavy atom. The zero-order chi connectivity index (χ0) is 10.8. The average molecular weight is 229 g/mol. The normalized spacial score (nSPS) is 26.4. The molecule has 0 bridgehead atoms. The molecular weight excluding hydrogens is 213 g/mol. The van der Waals surface area contributed by atoms with Crippen LogP contribution in [0.1, 0.15) is 10.4 Å². The summed E-state index contributed by atoms with van der Waals surface area (Å²) in [7, 11) is 1.96. The summed E-state index contributed by atoms with van der Waals surface area (Å²) in [5, 5.41) is 2.08. The average Bonchev–Trinajstić information content (AvgIpc) is 2.76. The van der Waals surface area contributed by atoms with Crippen molar-refractivity contribution in [3.8, 4) is 0 Å². The van der Waals surface area contributed by atoms with Crippen LogP contribution in [0.25, 0.3) is 0 Å². The zero-order valence-corrected chi connectivity index (χ0v) is 9.89. The highest BCUT2D eigenvalue weighted by Crippen LogP contribution is 2.21. The molecule has 0 saturated carbocycles. The van der Waals surface area contributed by atoms with Crippen LogP contribution in [0.2, 0.25) is 0 Å². The van der Waals surface area contributed by atoms with Gasteiger partial charge in [-0.3, -0.25) is 4.90 Å². The van der Waals surface area contributed by atoms with Gasteiger partial charge in [-0.05, 0) is 31.0 Å². The molecule has 0 spiro atoms. The molecule has 1 aromatic rings. The van der Waals surface area contributed by atoms with Crippen molar-refractivity contribution in [2.75, 3.05) is 20.3 Å². The minimum absolute atomic E-state index is 0.0773. The van der Waals surface area contributed by atoms with Crippen molar-refractivity contribution in [2.45, 2.75) is 25.7 Å². The first-order chi connectivity index (χ1) is 7.18. The third kappa shape index (κ3) is 2.38. The summed E-state index contributed by atoms with van der Waals surface area (Å²) in [5.41, 5.74) is 1.29. The summed E-state index contributed by atoms with van der Waals surface area (Å²) >= 11 is 1.73. The fourth-order valence-corrected chi connectivity index (χ4v) is 2.80. The van der Waals surface area contributed by atoms with Gasteiger partial charge in [0.05, 0.1) is 19.3 Å². The molecule has 0 N–H and O–H groups in total. The van der Waals surface area contributed by atoms with Crippen LogP contribution in [-0.4, -0.2) is 37.4 Å². The molecule has 4 heteroatoms. The number of likely N-dealkylation sites (N-methyl/N-ethyl adjacent to an activating group) is 1. The van der Waals surface area contributed by atoms with E-state index in [0.29, 0.717) is 6.61 Å². The Hall–Kier alpha value is -0.450. The minimum Gasteiger partial charge on any atom is -0.377 e. The highest BCUT2D eigenvalue weighted by molar-refractivity contribution is 7.10. The van der Waals surface area contributed by atoms with Crippen LogP contribution in [-0.2, 0) is 11.3 Å². The molecule has 1 fully saturated rings. The van der Waals surface area contributed by atoms with Crippen molar-refractivity contribution in [3.63, 3.8) is 0 Å². The summed E-state index contributed by atoms with van der Waals surface area (Å²) in [6.45, 7) is 3.68. The Morgan fingerprint density at radius 2 is 2.40 bits per heavy atom. The number of hydrogen-bond acceptors (Lipinski definition) is 3. The van der Waals surface area contributed by atoms with E-state index in [1.165, 1.54) is 10.4 Å². The molecule has 2 heterocycles. The van der Waals surface area contributed by atoms with Crippen LogP contribution in [0.5, 0.6) is 0 Å². The van der Waals surface area contributed by atoms with Crippen LogP contribution in [0.3, 0.4) is 0 Å². The van der Waals surface area contributed by atoms with Crippen LogP contribution in [0.15, 0.2) is 11.4 Å². The molecule has 0 amide bonds. The lowest BCUT2D eigenvalue weighted by atomic mass is 10.2. The SMILES string of the molecule is Cc1ccsc1CN(C)C1COCC1F. The molecule has 0 radical (unpaired) electrons. The predicted molar refractivity (Wildman–Crippen MR) is 60.0 cm³/mol. The van der Waals surface area contributed by atoms with Crippen molar-refractivity contribution >= 4 is 11.3 Å². The predicted octanol–water partition coefficient (Wildman–Crippen LogP) is 2.23. The van der Waals surface area contributed by atoms with Crippen LogP contribution < -0.4 is 0 Å². The van der Waals surface area contributed by atoms with Crippen LogP contribution in [0, 0.1) is 6.92 Å². The van der Waals surface area contributed by atoms with Gasteiger partial charge >= 0.3 is 0 Å². The van der Waals surface area contributed by atoms with Gasteiger partial charge in [-0.25, -0.2) is 4.39 Å². The van der Waals surface area contributed by atoms with Crippen molar-refractivity contribution in [1.82, 2.24) is 4.90 Å². The maximum Gasteiger partial charge on any atom is 0.141 e. The van der Waals surface area contributed by atoms with Crippen molar-refractivity contribution in [3.05, 3.63) is 21.9 Å². The first-order valence-corrected chi connectivity index (χ1v) is 6.01. The fraction of sp³-hybridized carbons (Fsp3) is 0.636. The molecule has 15 heavy (non-hydrogen) atoms. The Bertz CT molecular complexity index is 328. The number of thiophene rings is 1. The number of alkyl halides is 1. The maximum atomic E-state index is 13.4. The lowest BCUT2D eigenvalue weighted by Crippen LogP contribution is -2.37. The second kappa shape index (κ2) is 4.60.